The monoisotopic (exact) mass is 375 g/mol. The molecule has 94 valence electrons. The average molecular weight is 377 g/mol. The fourth-order valence-electron chi connectivity index (χ4n) is 1.21. The fraction of sp³-hybridized carbons (Fsp3) is 0.0909. The van der Waals surface area contributed by atoms with Crippen molar-refractivity contribution in [1.82, 2.24) is 9.97 Å². The van der Waals surface area contributed by atoms with Gasteiger partial charge in [-0.1, -0.05) is 0 Å². The van der Waals surface area contributed by atoms with E-state index in [-0.39, 0.29) is 5.82 Å². The molecule has 18 heavy (non-hydrogen) atoms. The van der Waals surface area contributed by atoms with Gasteiger partial charge in [0.2, 0.25) is 11.8 Å². The van der Waals surface area contributed by atoms with Crippen molar-refractivity contribution in [3.8, 4) is 11.6 Å². The van der Waals surface area contributed by atoms with Gasteiger partial charge in [0, 0.05) is 7.05 Å². The lowest BCUT2D eigenvalue weighted by Crippen LogP contribution is -1.98. The lowest BCUT2D eigenvalue weighted by atomic mass is 10.3. The average Bonchev–Trinajstić information content (AvgIpc) is 2.35. The summed E-state index contributed by atoms with van der Waals surface area (Å²) in [4.78, 5) is 8.16. The molecule has 0 bridgehead atoms. The maximum Gasteiger partial charge on any atom is 0.238 e. The smallest absolute Gasteiger partial charge is 0.238 e. The number of anilines is 1. The predicted octanol–water partition coefficient (Wildman–Crippen LogP) is 3.97. The lowest BCUT2D eigenvalue weighted by Gasteiger charge is -2.09. The molecule has 0 unspecified atom stereocenters. The van der Waals surface area contributed by atoms with E-state index in [2.05, 4.69) is 47.1 Å². The maximum atomic E-state index is 13.0. The molecule has 0 atom stereocenters. The van der Waals surface area contributed by atoms with E-state index in [1.54, 1.807) is 13.2 Å². The first-order valence-corrected chi connectivity index (χ1v) is 6.52. The summed E-state index contributed by atoms with van der Waals surface area (Å²) in [5.74, 6) is 0.915. The second-order valence-corrected chi connectivity index (χ2v) is 4.98. The number of nitrogens with zero attached hydrogens (tertiary/aromatic N) is 2. The lowest BCUT2D eigenvalue weighted by molar-refractivity contribution is 0.454. The zero-order valence-electron chi connectivity index (χ0n) is 9.25. The van der Waals surface area contributed by atoms with Gasteiger partial charge in [0.15, 0.2) is 0 Å². The van der Waals surface area contributed by atoms with E-state index in [9.17, 15) is 4.39 Å². The van der Waals surface area contributed by atoms with Gasteiger partial charge in [0.25, 0.3) is 0 Å². The van der Waals surface area contributed by atoms with E-state index in [0.29, 0.717) is 26.5 Å². The van der Waals surface area contributed by atoms with E-state index < -0.39 is 0 Å². The van der Waals surface area contributed by atoms with Crippen LogP contribution in [-0.2, 0) is 0 Å². The number of nitrogens with one attached hydrogen (secondary N) is 1. The molecule has 1 aromatic heterocycles. The van der Waals surface area contributed by atoms with Crippen LogP contribution in [0.15, 0.2) is 33.3 Å². The second-order valence-electron chi connectivity index (χ2n) is 3.27. The summed E-state index contributed by atoms with van der Waals surface area (Å²) in [5.41, 5.74) is 0. The summed E-state index contributed by atoms with van der Waals surface area (Å²) < 4.78 is 19.7. The first-order valence-electron chi connectivity index (χ1n) is 4.93. The van der Waals surface area contributed by atoms with Crippen molar-refractivity contribution in [2.45, 2.75) is 0 Å². The van der Waals surface area contributed by atoms with Crippen LogP contribution in [-0.4, -0.2) is 17.0 Å². The topological polar surface area (TPSA) is 47.0 Å². The number of hydrogen-bond acceptors (Lipinski definition) is 4. The first kappa shape index (κ1) is 13.2. The van der Waals surface area contributed by atoms with Gasteiger partial charge in [0.05, 0.1) is 15.1 Å². The van der Waals surface area contributed by atoms with Crippen LogP contribution < -0.4 is 10.1 Å². The summed E-state index contributed by atoms with van der Waals surface area (Å²) >= 11 is 6.51. The molecule has 4 nitrogen and oxygen atoms in total. The van der Waals surface area contributed by atoms with Gasteiger partial charge in [0.1, 0.15) is 11.6 Å². The van der Waals surface area contributed by atoms with Crippen LogP contribution in [0.25, 0.3) is 0 Å². The Balaban J connectivity index is 2.33. The minimum absolute atomic E-state index is 0.341. The third-order valence-corrected chi connectivity index (χ3v) is 3.20. The Morgan fingerprint density at radius 2 is 2.06 bits per heavy atom. The number of hydrogen-bond donors (Lipinski definition) is 1. The SMILES string of the molecule is CNc1ncc(Br)c(Oc2ccc(F)cc2Br)n1. The van der Waals surface area contributed by atoms with Gasteiger partial charge in [-0.25, -0.2) is 9.37 Å². The normalized spacial score (nSPS) is 10.2. The summed E-state index contributed by atoms with van der Waals surface area (Å²) in [6, 6.07) is 4.16. The van der Waals surface area contributed by atoms with Gasteiger partial charge in [-0.15, -0.1) is 0 Å². The van der Waals surface area contributed by atoms with Crippen LogP contribution in [0.1, 0.15) is 0 Å². The van der Waals surface area contributed by atoms with Crippen LogP contribution >= 0.6 is 31.9 Å². The molecule has 2 aromatic rings. The van der Waals surface area contributed by atoms with Gasteiger partial charge in [-0.2, -0.15) is 4.98 Å². The summed E-state index contributed by atoms with van der Waals surface area (Å²) in [7, 11) is 1.71. The van der Waals surface area contributed by atoms with Crippen molar-refractivity contribution < 1.29 is 9.13 Å². The highest BCUT2D eigenvalue weighted by Gasteiger charge is 2.09. The van der Waals surface area contributed by atoms with Crippen LogP contribution in [0.3, 0.4) is 0 Å². The molecule has 0 spiro atoms. The number of benzene rings is 1. The van der Waals surface area contributed by atoms with E-state index >= 15 is 0 Å². The molecule has 0 saturated heterocycles. The molecule has 0 aliphatic heterocycles. The molecule has 0 radical (unpaired) electrons. The van der Waals surface area contributed by atoms with Crippen molar-refractivity contribution >= 4 is 37.8 Å². The highest BCUT2D eigenvalue weighted by atomic mass is 79.9. The second kappa shape index (κ2) is 5.62. The van der Waals surface area contributed by atoms with Crippen LogP contribution in [0.2, 0.25) is 0 Å². The third kappa shape index (κ3) is 2.97. The Morgan fingerprint density at radius 1 is 1.28 bits per heavy atom. The molecule has 0 saturated carbocycles. The van der Waals surface area contributed by atoms with Crippen molar-refractivity contribution in [2.75, 3.05) is 12.4 Å². The van der Waals surface area contributed by atoms with E-state index in [0.717, 1.165) is 0 Å². The van der Waals surface area contributed by atoms with Gasteiger partial charge < -0.3 is 10.1 Å². The molecule has 0 amide bonds. The quantitative estimate of drug-likeness (QED) is 0.880. The first-order chi connectivity index (χ1) is 8.60. The molecular weight excluding hydrogens is 369 g/mol. The van der Waals surface area contributed by atoms with E-state index in [1.165, 1.54) is 18.2 Å². The van der Waals surface area contributed by atoms with Crippen LogP contribution in [0, 0.1) is 5.82 Å². The zero-order chi connectivity index (χ0) is 13.1. The Kier molecular flexibility index (Phi) is 4.13. The van der Waals surface area contributed by atoms with Gasteiger partial charge >= 0.3 is 0 Å². The minimum Gasteiger partial charge on any atom is -0.436 e. The number of aromatic nitrogens is 2. The van der Waals surface area contributed by atoms with Crippen molar-refractivity contribution in [3.63, 3.8) is 0 Å². The highest BCUT2D eigenvalue weighted by Crippen LogP contribution is 2.32. The Hall–Kier alpha value is -1.21. The van der Waals surface area contributed by atoms with Crippen LogP contribution in [0.5, 0.6) is 11.6 Å². The highest BCUT2D eigenvalue weighted by molar-refractivity contribution is 9.11. The molecule has 1 N–H and O–H groups in total. The molecule has 0 aliphatic rings. The number of rotatable bonds is 3. The van der Waals surface area contributed by atoms with Crippen LogP contribution in [0.4, 0.5) is 10.3 Å². The molecule has 1 heterocycles. The summed E-state index contributed by atoms with van der Waals surface area (Å²) in [6.45, 7) is 0. The van der Waals surface area contributed by atoms with E-state index in [1.807, 2.05) is 0 Å². The van der Waals surface area contributed by atoms with Crippen molar-refractivity contribution in [3.05, 3.63) is 39.2 Å². The Labute approximate surface area is 120 Å². The third-order valence-electron chi connectivity index (χ3n) is 2.04. The molecule has 2 rings (SSSR count). The van der Waals surface area contributed by atoms with Crippen molar-refractivity contribution in [2.24, 2.45) is 0 Å². The maximum absolute atomic E-state index is 13.0. The molecular formula is C11H8Br2FN3O. The summed E-state index contributed by atoms with van der Waals surface area (Å²) in [5, 5.41) is 2.81. The zero-order valence-corrected chi connectivity index (χ0v) is 12.4. The molecule has 7 heteroatoms. The number of ether oxygens (including phenoxy) is 1. The predicted molar refractivity (Wildman–Crippen MR) is 73.5 cm³/mol. The minimum atomic E-state index is -0.341. The number of halogens is 3. The molecule has 1 aromatic carbocycles. The van der Waals surface area contributed by atoms with E-state index in [4.69, 9.17) is 4.74 Å². The van der Waals surface area contributed by atoms with Gasteiger partial charge in [-0.05, 0) is 50.1 Å². The summed E-state index contributed by atoms with van der Waals surface area (Å²) in [6.07, 6.45) is 1.57. The Morgan fingerprint density at radius 3 is 2.72 bits per heavy atom. The molecule has 0 fully saturated rings. The molecule has 0 aliphatic carbocycles. The van der Waals surface area contributed by atoms with Gasteiger partial charge in [-0.3, -0.25) is 0 Å². The largest absolute Gasteiger partial charge is 0.436 e. The standard InChI is InChI=1S/C11H8Br2FN3O/c1-15-11-16-5-8(13)10(17-11)18-9-3-2-6(14)4-7(9)12/h2-5H,1H3,(H,15,16,17). The van der Waals surface area contributed by atoms with Crippen molar-refractivity contribution in [1.29, 1.82) is 0 Å². The Bertz CT molecular complexity index is 580. The fourth-order valence-corrected chi connectivity index (χ4v) is 1.91.